The molecular formula is C27H46O5S2. The molecule has 5 nitrogen and oxygen atoms in total. The van der Waals surface area contributed by atoms with Gasteiger partial charge in [0.1, 0.15) is 5.60 Å². The molecule has 3 atom stereocenters. The SMILES string of the molecule is CCC(C)(C)C(=O)OC12CC3CC(CC(O)(C3)C1)C2.CCC(C)(C)C(=O)OC1CSCCCS1. The van der Waals surface area contributed by atoms with Gasteiger partial charge in [0.05, 0.1) is 16.4 Å². The second-order valence-electron chi connectivity index (χ2n) is 12.4. The normalized spacial score (nSPS) is 35.1. The summed E-state index contributed by atoms with van der Waals surface area (Å²) in [6.07, 6.45) is 8.50. The lowest BCUT2D eigenvalue weighted by Crippen LogP contribution is -2.61. The summed E-state index contributed by atoms with van der Waals surface area (Å²) in [6.45, 7) is 11.8. The minimum Gasteiger partial charge on any atom is -0.459 e. The van der Waals surface area contributed by atoms with Crippen LogP contribution < -0.4 is 0 Å². The molecule has 196 valence electrons. The van der Waals surface area contributed by atoms with E-state index in [1.165, 1.54) is 18.6 Å². The Morgan fingerprint density at radius 3 is 2.09 bits per heavy atom. The van der Waals surface area contributed by atoms with E-state index in [1.807, 2.05) is 53.3 Å². The molecule has 0 radical (unpaired) electrons. The van der Waals surface area contributed by atoms with Crippen LogP contribution in [0.1, 0.15) is 99.3 Å². The summed E-state index contributed by atoms with van der Waals surface area (Å²) < 4.78 is 11.5. The van der Waals surface area contributed by atoms with Crippen LogP contribution in [0.15, 0.2) is 0 Å². The Morgan fingerprint density at radius 2 is 1.53 bits per heavy atom. The van der Waals surface area contributed by atoms with E-state index < -0.39 is 11.0 Å². The lowest BCUT2D eigenvalue weighted by atomic mass is 9.52. The highest BCUT2D eigenvalue weighted by molar-refractivity contribution is 8.03. The van der Waals surface area contributed by atoms with Crippen LogP contribution in [0.4, 0.5) is 0 Å². The molecule has 1 heterocycles. The number of thioether (sulfide) groups is 2. The average Bonchev–Trinajstić information content (AvgIpc) is 3.00. The Hall–Kier alpha value is -0.400. The van der Waals surface area contributed by atoms with E-state index in [9.17, 15) is 14.7 Å². The van der Waals surface area contributed by atoms with Crippen LogP contribution in [-0.4, -0.2) is 50.9 Å². The number of carbonyl (C=O) groups is 2. The van der Waals surface area contributed by atoms with Crippen molar-refractivity contribution in [1.29, 1.82) is 0 Å². The third kappa shape index (κ3) is 6.88. The van der Waals surface area contributed by atoms with Gasteiger partial charge in [-0.25, -0.2) is 0 Å². The van der Waals surface area contributed by atoms with Crippen LogP contribution in [-0.2, 0) is 19.1 Å². The van der Waals surface area contributed by atoms with Crippen LogP contribution >= 0.6 is 23.5 Å². The zero-order valence-corrected chi connectivity index (χ0v) is 23.7. The second-order valence-corrected chi connectivity index (χ2v) is 14.8. The highest BCUT2D eigenvalue weighted by Crippen LogP contribution is 2.59. The number of esters is 2. The van der Waals surface area contributed by atoms with Gasteiger partial charge in [0, 0.05) is 12.2 Å². The van der Waals surface area contributed by atoms with E-state index in [4.69, 9.17) is 9.47 Å². The zero-order valence-electron chi connectivity index (χ0n) is 22.1. The first-order chi connectivity index (χ1) is 15.8. The van der Waals surface area contributed by atoms with Gasteiger partial charge in [0.2, 0.25) is 0 Å². The summed E-state index contributed by atoms with van der Waals surface area (Å²) in [5, 5.41) is 10.6. The minimum absolute atomic E-state index is 0.0509. The van der Waals surface area contributed by atoms with Crippen molar-refractivity contribution < 1.29 is 24.2 Å². The van der Waals surface area contributed by atoms with Gasteiger partial charge in [-0.3, -0.25) is 9.59 Å². The fraction of sp³-hybridized carbons (Fsp3) is 0.926. The van der Waals surface area contributed by atoms with Gasteiger partial charge in [-0.15, -0.1) is 11.8 Å². The van der Waals surface area contributed by atoms with E-state index in [2.05, 4.69) is 0 Å². The molecular weight excluding hydrogens is 468 g/mol. The molecule has 5 fully saturated rings. The highest BCUT2D eigenvalue weighted by Gasteiger charge is 2.59. The van der Waals surface area contributed by atoms with E-state index in [0.29, 0.717) is 18.3 Å². The fourth-order valence-corrected chi connectivity index (χ4v) is 8.19. The summed E-state index contributed by atoms with van der Waals surface area (Å²) in [6, 6.07) is 0. The molecule has 4 saturated carbocycles. The molecule has 0 spiro atoms. The van der Waals surface area contributed by atoms with Crippen LogP contribution in [0, 0.1) is 22.7 Å². The van der Waals surface area contributed by atoms with Crippen molar-refractivity contribution in [3.05, 3.63) is 0 Å². The first-order valence-electron chi connectivity index (χ1n) is 13.2. The van der Waals surface area contributed by atoms with Gasteiger partial charge >= 0.3 is 11.9 Å². The van der Waals surface area contributed by atoms with Gasteiger partial charge < -0.3 is 14.6 Å². The zero-order chi connectivity index (χ0) is 25.2. The highest BCUT2D eigenvalue weighted by atomic mass is 32.2. The van der Waals surface area contributed by atoms with Crippen molar-refractivity contribution in [2.75, 3.05) is 17.3 Å². The number of rotatable bonds is 6. The maximum Gasteiger partial charge on any atom is 0.312 e. The van der Waals surface area contributed by atoms with Crippen LogP contribution in [0.25, 0.3) is 0 Å². The smallest absolute Gasteiger partial charge is 0.312 e. The van der Waals surface area contributed by atoms with Gasteiger partial charge in [-0.2, -0.15) is 11.8 Å². The Labute approximate surface area is 215 Å². The summed E-state index contributed by atoms with van der Waals surface area (Å²) in [5.74, 6) is 4.23. The fourth-order valence-electron chi connectivity index (χ4n) is 5.82. The van der Waals surface area contributed by atoms with Crippen molar-refractivity contribution in [2.24, 2.45) is 22.7 Å². The monoisotopic (exact) mass is 514 g/mol. The molecule has 0 aromatic rings. The maximum absolute atomic E-state index is 12.4. The molecule has 1 aliphatic heterocycles. The molecule has 0 amide bonds. The van der Waals surface area contributed by atoms with Crippen molar-refractivity contribution in [3.8, 4) is 0 Å². The van der Waals surface area contributed by atoms with E-state index >= 15 is 0 Å². The van der Waals surface area contributed by atoms with Crippen LogP contribution in [0.5, 0.6) is 0 Å². The molecule has 3 unspecified atom stereocenters. The summed E-state index contributed by atoms with van der Waals surface area (Å²) in [5.41, 5.74) is -1.59. The molecule has 7 heteroatoms. The molecule has 5 aliphatic rings. The predicted molar refractivity (Wildman–Crippen MR) is 141 cm³/mol. The second kappa shape index (κ2) is 10.9. The standard InChI is InChI=1S/C16H26O3.C11H20O2S2/c1-4-14(2,3)13(17)19-16-8-11-5-12(9-16)7-15(18,6-11)10-16;1-4-11(2,3)10(12)13-9-8-14-6-5-7-15-9/h11-12,18H,4-10H2,1-3H3;9H,4-8H2,1-3H3. The molecule has 4 bridgehead atoms. The van der Waals surface area contributed by atoms with Crippen molar-refractivity contribution in [2.45, 2.75) is 116 Å². The van der Waals surface area contributed by atoms with Gasteiger partial charge in [0.15, 0.2) is 5.44 Å². The first kappa shape index (κ1) is 28.2. The van der Waals surface area contributed by atoms with E-state index in [-0.39, 0.29) is 28.4 Å². The lowest BCUT2D eigenvalue weighted by molar-refractivity contribution is -0.225. The molecule has 1 saturated heterocycles. The largest absolute Gasteiger partial charge is 0.459 e. The van der Waals surface area contributed by atoms with E-state index in [1.54, 1.807) is 11.8 Å². The number of hydrogen-bond donors (Lipinski definition) is 1. The lowest BCUT2D eigenvalue weighted by Gasteiger charge is -2.59. The first-order valence-corrected chi connectivity index (χ1v) is 15.4. The Morgan fingerprint density at radius 1 is 0.941 bits per heavy atom. The molecule has 34 heavy (non-hydrogen) atoms. The third-order valence-electron chi connectivity index (χ3n) is 8.39. The number of carbonyl (C=O) groups excluding carboxylic acids is 2. The summed E-state index contributed by atoms with van der Waals surface area (Å²) >= 11 is 3.66. The molecule has 5 rings (SSSR count). The molecule has 0 aromatic heterocycles. The number of ether oxygens (including phenoxy) is 2. The molecule has 0 aromatic carbocycles. The predicted octanol–water partition coefficient (Wildman–Crippen LogP) is 6.21. The van der Waals surface area contributed by atoms with Gasteiger partial charge in [-0.05, 0) is 102 Å². The van der Waals surface area contributed by atoms with Crippen molar-refractivity contribution >= 4 is 35.5 Å². The Balaban J connectivity index is 0.000000197. The molecule has 4 aliphatic carbocycles. The van der Waals surface area contributed by atoms with Crippen molar-refractivity contribution in [3.63, 3.8) is 0 Å². The number of aliphatic hydroxyl groups is 1. The van der Waals surface area contributed by atoms with Crippen molar-refractivity contribution in [1.82, 2.24) is 0 Å². The average molecular weight is 515 g/mol. The van der Waals surface area contributed by atoms with E-state index in [0.717, 1.165) is 50.0 Å². The minimum atomic E-state index is -0.555. The van der Waals surface area contributed by atoms with Gasteiger partial charge in [0.25, 0.3) is 0 Å². The third-order valence-corrected chi connectivity index (χ3v) is 10.9. The van der Waals surface area contributed by atoms with Crippen LogP contribution in [0.2, 0.25) is 0 Å². The molecule has 1 N–H and O–H groups in total. The quantitative estimate of drug-likeness (QED) is 0.422. The Kier molecular flexibility index (Phi) is 9.05. The topological polar surface area (TPSA) is 72.8 Å². The number of hydrogen-bond acceptors (Lipinski definition) is 7. The Bertz CT molecular complexity index is 713. The van der Waals surface area contributed by atoms with Crippen LogP contribution in [0.3, 0.4) is 0 Å². The van der Waals surface area contributed by atoms with Gasteiger partial charge in [-0.1, -0.05) is 13.8 Å². The summed E-state index contributed by atoms with van der Waals surface area (Å²) in [7, 11) is 0. The maximum atomic E-state index is 12.4. The summed E-state index contributed by atoms with van der Waals surface area (Å²) in [4.78, 5) is 24.2.